The van der Waals surface area contributed by atoms with Crippen molar-refractivity contribution >= 4 is 0 Å². The molecular weight excluding hydrogens is 384 g/mol. The third-order valence-corrected chi connectivity index (χ3v) is 13.6. The Kier molecular flexibility index (Phi) is 5.09. The number of hydrogen-bond acceptors (Lipinski definition) is 0. The molecular formula is C32H52. The molecule has 5 aliphatic carbocycles. The number of hydrogen-bond donors (Lipinski definition) is 0. The Hall–Kier alpha value is -0.520. The molecule has 9 atom stereocenters. The molecule has 0 aromatic carbocycles. The Balaban J connectivity index is 1.62. The van der Waals surface area contributed by atoms with Crippen LogP contribution in [0.2, 0.25) is 0 Å². The van der Waals surface area contributed by atoms with Gasteiger partial charge >= 0.3 is 0 Å². The van der Waals surface area contributed by atoms with Crippen LogP contribution in [0.25, 0.3) is 0 Å². The van der Waals surface area contributed by atoms with Crippen molar-refractivity contribution in [3.05, 3.63) is 23.8 Å². The van der Waals surface area contributed by atoms with Gasteiger partial charge in [0.15, 0.2) is 0 Å². The maximum absolute atomic E-state index is 4.63. The van der Waals surface area contributed by atoms with Crippen LogP contribution in [0, 0.1) is 56.7 Å². The minimum Gasteiger partial charge on any atom is -0.0996 e. The average Bonchev–Trinajstić information content (AvgIpc) is 2.70. The first-order valence-electron chi connectivity index (χ1n) is 14.2. The van der Waals surface area contributed by atoms with Crippen molar-refractivity contribution in [2.24, 2.45) is 56.7 Å². The van der Waals surface area contributed by atoms with Crippen LogP contribution in [0.1, 0.15) is 120 Å². The van der Waals surface area contributed by atoms with E-state index in [4.69, 9.17) is 0 Å². The van der Waals surface area contributed by atoms with Gasteiger partial charge in [-0.15, -0.1) is 0 Å². The molecule has 180 valence electrons. The Morgan fingerprint density at radius 3 is 2.28 bits per heavy atom. The van der Waals surface area contributed by atoms with Gasteiger partial charge in [0.2, 0.25) is 0 Å². The summed E-state index contributed by atoms with van der Waals surface area (Å²) in [5.74, 6) is 4.12. The minimum absolute atomic E-state index is 0.369. The maximum Gasteiger partial charge on any atom is -0.00249 e. The van der Waals surface area contributed by atoms with Crippen LogP contribution in [-0.2, 0) is 0 Å². The summed E-state index contributed by atoms with van der Waals surface area (Å²) >= 11 is 0. The van der Waals surface area contributed by atoms with Crippen LogP contribution >= 0.6 is 0 Å². The molecule has 0 N–H and O–H groups in total. The minimum atomic E-state index is 0.369. The van der Waals surface area contributed by atoms with Crippen molar-refractivity contribution in [3.8, 4) is 0 Å². The van der Waals surface area contributed by atoms with E-state index in [1.165, 1.54) is 69.8 Å². The summed E-state index contributed by atoms with van der Waals surface area (Å²) in [4.78, 5) is 0. The molecule has 0 radical (unpaired) electrons. The zero-order valence-electron chi connectivity index (χ0n) is 22.7. The normalized spacial score (nSPS) is 54.4. The topological polar surface area (TPSA) is 0 Å². The number of rotatable bonds is 1. The Labute approximate surface area is 200 Å². The van der Waals surface area contributed by atoms with Gasteiger partial charge in [0.1, 0.15) is 0 Å². The van der Waals surface area contributed by atoms with Gasteiger partial charge < -0.3 is 0 Å². The van der Waals surface area contributed by atoms with Crippen LogP contribution in [0.15, 0.2) is 23.8 Å². The summed E-state index contributed by atoms with van der Waals surface area (Å²) < 4.78 is 0. The van der Waals surface area contributed by atoms with E-state index in [-0.39, 0.29) is 0 Å². The fourth-order valence-corrected chi connectivity index (χ4v) is 11.3. The van der Waals surface area contributed by atoms with E-state index in [0.29, 0.717) is 27.1 Å². The predicted octanol–water partition coefficient (Wildman–Crippen LogP) is 9.61. The van der Waals surface area contributed by atoms with Crippen LogP contribution in [0.3, 0.4) is 0 Å². The molecule has 0 amide bonds. The summed E-state index contributed by atoms with van der Waals surface area (Å²) in [7, 11) is 0. The summed E-state index contributed by atoms with van der Waals surface area (Å²) in [5, 5.41) is 0. The molecule has 32 heavy (non-hydrogen) atoms. The quantitative estimate of drug-likeness (QED) is 0.359. The lowest BCUT2D eigenvalue weighted by molar-refractivity contribution is -0.179. The van der Waals surface area contributed by atoms with Crippen molar-refractivity contribution < 1.29 is 0 Å². The highest BCUT2D eigenvalue weighted by Crippen LogP contribution is 2.76. The molecule has 8 unspecified atom stereocenters. The molecule has 0 aromatic heterocycles. The molecule has 0 heteroatoms. The van der Waals surface area contributed by atoms with Gasteiger partial charge in [0, 0.05) is 0 Å². The molecule has 0 nitrogen and oxygen atoms in total. The first kappa shape index (κ1) is 23.2. The second-order valence-corrected chi connectivity index (χ2v) is 14.9. The van der Waals surface area contributed by atoms with E-state index in [1.807, 2.05) is 5.57 Å². The summed E-state index contributed by atoms with van der Waals surface area (Å²) in [5.41, 5.74) is 5.62. The molecule has 4 saturated carbocycles. The smallest absolute Gasteiger partial charge is 0.00249 e. The molecule has 0 aromatic rings. The molecule has 5 rings (SSSR count). The monoisotopic (exact) mass is 436 g/mol. The molecule has 5 aliphatic rings. The van der Waals surface area contributed by atoms with E-state index in [9.17, 15) is 0 Å². The molecule has 0 spiro atoms. The van der Waals surface area contributed by atoms with Crippen LogP contribution in [0.5, 0.6) is 0 Å². The van der Waals surface area contributed by atoms with Gasteiger partial charge in [-0.25, -0.2) is 0 Å². The Morgan fingerprint density at radius 2 is 1.59 bits per heavy atom. The highest BCUT2D eigenvalue weighted by Gasteiger charge is 2.67. The van der Waals surface area contributed by atoms with Gasteiger partial charge in [0.25, 0.3) is 0 Å². The summed E-state index contributed by atoms with van der Waals surface area (Å²) in [6.07, 6.45) is 17.0. The lowest BCUT2D eigenvalue weighted by Crippen LogP contribution is -2.63. The third kappa shape index (κ3) is 2.68. The molecule has 0 heterocycles. The summed E-state index contributed by atoms with van der Waals surface area (Å²) in [6.45, 7) is 25.5. The molecule has 0 bridgehead atoms. The lowest BCUT2D eigenvalue weighted by Gasteiger charge is -2.71. The second kappa shape index (κ2) is 7.01. The zero-order chi connectivity index (χ0) is 23.3. The van der Waals surface area contributed by atoms with E-state index in [2.05, 4.69) is 68.0 Å². The van der Waals surface area contributed by atoms with Crippen molar-refractivity contribution in [1.29, 1.82) is 0 Å². The summed E-state index contributed by atoms with van der Waals surface area (Å²) in [6, 6.07) is 0. The number of fused-ring (bicyclic) bond motifs is 7. The van der Waals surface area contributed by atoms with Gasteiger partial charge in [-0.1, -0.05) is 78.7 Å². The standard InChI is InChI=1S/C32H52/c1-21(2)32-18-13-22(3)23(4)27(32)24-11-12-26-29(7)16-10-15-28(5,6)25(29)14-17-31(26,9)30(24,8)19-20-32/h11,22-23,25-27H,1,10,12-20H2,2-9H3/t22-,23?,25?,26?,27?,29?,30?,31?,32?/m1/s1. The zero-order valence-corrected chi connectivity index (χ0v) is 22.7. The first-order valence-corrected chi connectivity index (χ1v) is 14.2. The molecule has 4 fully saturated rings. The van der Waals surface area contributed by atoms with Crippen molar-refractivity contribution in [2.45, 2.75) is 120 Å². The lowest BCUT2D eigenvalue weighted by atomic mass is 9.33. The van der Waals surface area contributed by atoms with E-state index in [1.54, 1.807) is 0 Å². The van der Waals surface area contributed by atoms with Gasteiger partial charge in [-0.2, -0.15) is 0 Å². The van der Waals surface area contributed by atoms with Gasteiger partial charge in [0.05, 0.1) is 0 Å². The van der Waals surface area contributed by atoms with E-state index in [0.717, 1.165) is 29.6 Å². The fourth-order valence-electron chi connectivity index (χ4n) is 11.3. The van der Waals surface area contributed by atoms with Crippen LogP contribution in [0.4, 0.5) is 0 Å². The highest BCUT2D eigenvalue weighted by atomic mass is 14.7. The highest BCUT2D eigenvalue weighted by molar-refractivity contribution is 5.36. The van der Waals surface area contributed by atoms with E-state index >= 15 is 0 Å². The molecule has 0 aliphatic heterocycles. The largest absolute Gasteiger partial charge is 0.0996 e. The first-order chi connectivity index (χ1) is 14.8. The van der Waals surface area contributed by atoms with Gasteiger partial charge in [-0.05, 0) is 121 Å². The van der Waals surface area contributed by atoms with Crippen molar-refractivity contribution in [2.75, 3.05) is 0 Å². The second-order valence-electron chi connectivity index (χ2n) is 14.9. The van der Waals surface area contributed by atoms with Crippen LogP contribution < -0.4 is 0 Å². The van der Waals surface area contributed by atoms with Crippen molar-refractivity contribution in [3.63, 3.8) is 0 Å². The molecule has 0 saturated heterocycles. The maximum atomic E-state index is 4.63. The third-order valence-electron chi connectivity index (χ3n) is 13.6. The van der Waals surface area contributed by atoms with Crippen molar-refractivity contribution in [1.82, 2.24) is 0 Å². The fraction of sp³-hybridized carbons (Fsp3) is 0.875. The Bertz CT molecular complexity index is 829. The predicted molar refractivity (Wildman–Crippen MR) is 138 cm³/mol. The van der Waals surface area contributed by atoms with Gasteiger partial charge in [-0.3, -0.25) is 0 Å². The Morgan fingerprint density at radius 1 is 0.875 bits per heavy atom. The number of allylic oxidation sites excluding steroid dienone is 3. The average molecular weight is 437 g/mol. The van der Waals surface area contributed by atoms with Crippen LogP contribution in [-0.4, -0.2) is 0 Å². The van der Waals surface area contributed by atoms with E-state index < -0.39 is 0 Å². The SMILES string of the molecule is C=C(C)C12CC[C@@H](C)C(C)C1C1=CCC3C4(C)CCCC(C)(C)C4CCC3(C)C1(C)CC2.